The molecule has 1 amide bonds. The Hall–Kier alpha value is -2.61. The summed E-state index contributed by atoms with van der Waals surface area (Å²) in [5, 5.41) is 17.6. The molecule has 0 saturated carbocycles. The van der Waals surface area contributed by atoms with Crippen LogP contribution in [-0.2, 0) is 11.2 Å². The number of aliphatic hydroxyl groups is 1. The van der Waals surface area contributed by atoms with Gasteiger partial charge in [-0.05, 0) is 42.5 Å². The van der Waals surface area contributed by atoms with Crippen molar-refractivity contribution in [2.75, 3.05) is 11.1 Å². The molecule has 1 saturated heterocycles. The van der Waals surface area contributed by atoms with Crippen LogP contribution in [0.5, 0.6) is 0 Å². The normalized spacial score (nSPS) is 21.8. The molecule has 3 atom stereocenters. The molecule has 0 bridgehead atoms. The monoisotopic (exact) mass is 436 g/mol. The Balaban J connectivity index is 1.26. The predicted octanol–water partition coefficient (Wildman–Crippen LogP) is 3.36. The summed E-state index contributed by atoms with van der Waals surface area (Å²) in [5.74, 6) is 0.656. The Kier molecular flexibility index (Phi) is 7.06. The lowest BCUT2D eigenvalue weighted by atomic mass is 10.0. The molecule has 31 heavy (non-hydrogen) atoms. The van der Waals surface area contributed by atoms with E-state index >= 15 is 0 Å². The lowest BCUT2D eigenvalue weighted by Gasteiger charge is -2.20. The molecule has 4 rings (SSSR count). The molecule has 2 aromatic carbocycles. The minimum Gasteiger partial charge on any atom is -0.387 e. The Morgan fingerprint density at radius 1 is 1.19 bits per heavy atom. The van der Waals surface area contributed by atoms with Gasteiger partial charge in [0.2, 0.25) is 5.91 Å². The van der Waals surface area contributed by atoms with Crippen LogP contribution in [0.25, 0.3) is 0 Å². The third-order valence-electron chi connectivity index (χ3n) is 5.66. The van der Waals surface area contributed by atoms with E-state index in [0.29, 0.717) is 16.9 Å². The van der Waals surface area contributed by atoms with E-state index in [1.54, 1.807) is 0 Å². The number of hydrogen-bond donors (Lipinski definition) is 4. The highest BCUT2D eigenvalue weighted by Crippen LogP contribution is 2.27. The summed E-state index contributed by atoms with van der Waals surface area (Å²) >= 11 is 1.47. The fourth-order valence-electron chi connectivity index (χ4n) is 4.08. The molecule has 5 N–H and O–H groups in total. The van der Waals surface area contributed by atoms with Gasteiger partial charge >= 0.3 is 0 Å². The molecule has 1 fully saturated rings. The number of nitrogens with one attached hydrogen (secondary N) is 2. The molecule has 0 radical (unpaired) electrons. The fraction of sp³-hybridized carbons (Fsp3) is 0.333. The predicted molar refractivity (Wildman–Crippen MR) is 127 cm³/mol. The van der Waals surface area contributed by atoms with Gasteiger partial charge in [-0.2, -0.15) is 0 Å². The molecule has 3 unspecified atom stereocenters. The number of anilines is 1. The van der Waals surface area contributed by atoms with Gasteiger partial charge in [0.25, 0.3) is 0 Å². The van der Waals surface area contributed by atoms with Gasteiger partial charge in [0, 0.05) is 29.2 Å². The highest BCUT2D eigenvalue weighted by molar-refractivity contribution is 8.13. The zero-order valence-corrected chi connectivity index (χ0v) is 18.1. The molecule has 0 aromatic heterocycles. The van der Waals surface area contributed by atoms with Crippen LogP contribution in [0, 0.1) is 0 Å². The molecule has 2 aliphatic heterocycles. The van der Waals surface area contributed by atoms with Crippen LogP contribution in [-0.4, -0.2) is 34.0 Å². The number of amides is 1. The molecule has 162 valence electrons. The van der Waals surface area contributed by atoms with E-state index in [2.05, 4.69) is 15.6 Å². The lowest BCUT2D eigenvalue weighted by molar-refractivity contribution is -0.115. The van der Waals surface area contributed by atoms with Crippen LogP contribution >= 0.6 is 11.8 Å². The Labute approximate surface area is 187 Å². The summed E-state index contributed by atoms with van der Waals surface area (Å²) in [6, 6.07) is 18.2. The number of amidine groups is 1. The third-order valence-corrected chi connectivity index (χ3v) is 6.38. The van der Waals surface area contributed by atoms with Crippen LogP contribution in [0.2, 0.25) is 0 Å². The van der Waals surface area contributed by atoms with E-state index in [1.807, 2.05) is 60.7 Å². The first-order valence-electron chi connectivity index (χ1n) is 10.6. The number of hydrogen-bond acceptors (Lipinski definition) is 6. The molecule has 2 aromatic rings. The standard InChI is InChI=1S/C24H28N4O2S/c25-24-28-20(12-13-31-24)15-22(29)27-18-8-6-16(7-9-18)14-19-10-11-21(26-19)23(30)17-4-2-1-3-5-17/h1-9,12,19,21,23,26,30H,10-11,13-15H2,(H2,25,28)(H,27,29). The number of carbonyl (C=O) groups is 1. The van der Waals surface area contributed by atoms with Crippen molar-refractivity contribution in [1.82, 2.24) is 5.32 Å². The van der Waals surface area contributed by atoms with Crippen molar-refractivity contribution in [3.8, 4) is 0 Å². The highest BCUT2D eigenvalue weighted by Gasteiger charge is 2.29. The van der Waals surface area contributed by atoms with E-state index in [4.69, 9.17) is 5.73 Å². The fourth-order valence-corrected chi connectivity index (χ4v) is 4.70. The zero-order chi connectivity index (χ0) is 21.6. The van der Waals surface area contributed by atoms with Gasteiger partial charge in [-0.1, -0.05) is 60.3 Å². The maximum atomic E-state index is 12.3. The Morgan fingerprint density at radius 3 is 2.71 bits per heavy atom. The van der Waals surface area contributed by atoms with Gasteiger partial charge in [0.05, 0.1) is 12.5 Å². The molecule has 2 aliphatic rings. The van der Waals surface area contributed by atoms with Crippen molar-refractivity contribution in [2.45, 2.75) is 43.9 Å². The van der Waals surface area contributed by atoms with Crippen molar-refractivity contribution in [3.05, 3.63) is 77.5 Å². The number of rotatable bonds is 7. The molecule has 7 heteroatoms. The summed E-state index contributed by atoms with van der Waals surface area (Å²) in [6.07, 6.45) is 4.55. The van der Waals surface area contributed by atoms with Gasteiger partial charge in [0.1, 0.15) is 0 Å². The first-order valence-corrected chi connectivity index (χ1v) is 11.6. The molecule has 2 heterocycles. The average molecular weight is 437 g/mol. The second-order valence-corrected chi connectivity index (χ2v) is 9.03. The van der Waals surface area contributed by atoms with Gasteiger partial charge in [0.15, 0.2) is 5.17 Å². The summed E-state index contributed by atoms with van der Waals surface area (Å²) < 4.78 is 0. The van der Waals surface area contributed by atoms with Crippen molar-refractivity contribution >= 4 is 28.5 Å². The smallest absolute Gasteiger partial charge is 0.230 e. The van der Waals surface area contributed by atoms with E-state index < -0.39 is 6.10 Å². The summed E-state index contributed by atoms with van der Waals surface area (Å²) in [5.41, 5.74) is 9.36. The number of thioether (sulfide) groups is 1. The first kappa shape index (κ1) is 21.6. The van der Waals surface area contributed by atoms with Crippen LogP contribution in [0.15, 0.2) is 71.4 Å². The molecular formula is C24H28N4O2S. The number of nitrogens with two attached hydrogens (primary N) is 1. The quantitative estimate of drug-likeness (QED) is 0.533. The number of nitrogens with zero attached hydrogens (tertiary/aromatic N) is 1. The van der Waals surface area contributed by atoms with Gasteiger partial charge < -0.3 is 21.5 Å². The minimum atomic E-state index is -0.485. The summed E-state index contributed by atoms with van der Waals surface area (Å²) in [6.45, 7) is 0. The molecule has 0 aliphatic carbocycles. The van der Waals surface area contributed by atoms with E-state index in [1.165, 1.54) is 17.3 Å². The van der Waals surface area contributed by atoms with Crippen molar-refractivity contribution in [3.63, 3.8) is 0 Å². The number of aliphatic hydroxyl groups excluding tert-OH is 1. The molecule has 0 spiro atoms. The molecular weight excluding hydrogens is 408 g/mol. The number of carbonyl (C=O) groups excluding carboxylic acids is 1. The van der Waals surface area contributed by atoms with Crippen LogP contribution in [0.3, 0.4) is 0 Å². The summed E-state index contributed by atoms with van der Waals surface area (Å²) in [4.78, 5) is 16.5. The van der Waals surface area contributed by atoms with E-state index in [-0.39, 0.29) is 18.4 Å². The highest BCUT2D eigenvalue weighted by atomic mass is 32.2. The van der Waals surface area contributed by atoms with Crippen LogP contribution < -0.4 is 16.4 Å². The average Bonchev–Trinajstić information content (AvgIpc) is 3.23. The van der Waals surface area contributed by atoms with Crippen LogP contribution in [0.4, 0.5) is 5.69 Å². The van der Waals surface area contributed by atoms with Crippen molar-refractivity contribution in [2.24, 2.45) is 10.7 Å². The maximum absolute atomic E-state index is 12.3. The number of benzene rings is 2. The largest absolute Gasteiger partial charge is 0.387 e. The van der Waals surface area contributed by atoms with Crippen LogP contribution in [0.1, 0.15) is 36.5 Å². The second kappa shape index (κ2) is 10.1. The zero-order valence-electron chi connectivity index (χ0n) is 17.3. The maximum Gasteiger partial charge on any atom is 0.230 e. The Bertz CT molecular complexity index is 959. The van der Waals surface area contributed by atoms with Gasteiger partial charge in [-0.25, -0.2) is 4.99 Å². The Morgan fingerprint density at radius 2 is 1.97 bits per heavy atom. The topological polar surface area (TPSA) is 99.7 Å². The minimum absolute atomic E-state index is 0.0788. The van der Waals surface area contributed by atoms with E-state index in [0.717, 1.165) is 36.3 Å². The number of aliphatic imine (C=N–C) groups is 1. The lowest BCUT2D eigenvalue weighted by Crippen LogP contribution is -2.35. The SMILES string of the molecule is NC1=NC(CC(=O)Nc2ccc(CC3CCC(C(O)c4ccccc4)N3)cc2)=CCS1. The first-order chi connectivity index (χ1) is 15.1. The molecule has 6 nitrogen and oxygen atoms in total. The van der Waals surface area contributed by atoms with Crippen molar-refractivity contribution < 1.29 is 9.90 Å². The van der Waals surface area contributed by atoms with Gasteiger partial charge in [-0.3, -0.25) is 4.79 Å². The van der Waals surface area contributed by atoms with Crippen molar-refractivity contribution in [1.29, 1.82) is 0 Å². The summed E-state index contributed by atoms with van der Waals surface area (Å²) in [7, 11) is 0. The van der Waals surface area contributed by atoms with E-state index in [9.17, 15) is 9.90 Å². The van der Waals surface area contributed by atoms with Gasteiger partial charge in [-0.15, -0.1) is 0 Å². The second-order valence-electron chi connectivity index (χ2n) is 7.99. The third kappa shape index (κ3) is 5.97.